The normalized spacial score (nSPS) is 10.6. The zero-order valence-corrected chi connectivity index (χ0v) is 13.2. The minimum Gasteiger partial charge on any atom is -0.0988 e. The van der Waals surface area contributed by atoms with Crippen molar-refractivity contribution < 1.29 is 0 Å². The van der Waals surface area contributed by atoms with Crippen LogP contribution in [0, 0.1) is 0 Å². The highest BCUT2D eigenvalue weighted by atomic mass is 14.0. The van der Waals surface area contributed by atoms with Gasteiger partial charge >= 0.3 is 0 Å². The van der Waals surface area contributed by atoms with E-state index >= 15 is 0 Å². The third kappa shape index (κ3) is 13.1. The van der Waals surface area contributed by atoms with E-state index in [1.165, 1.54) is 62.5 Å². The monoisotopic (exact) mass is 272 g/mol. The summed E-state index contributed by atoms with van der Waals surface area (Å²) in [5.74, 6) is 0. The van der Waals surface area contributed by atoms with Crippen molar-refractivity contribution in [1.82, 2.24) is 0 Å². The molecule has 0 aliphatic heterocycles. The van der Waals surface area contributed by atoms with E-state index in [-0.39, 0.29) is 0 Å². The lowest BCUT2D eigenvalue weighted by atomic mass is 10.1. The van der Waals surface area contributed by atoms with E-state index in [1.54, 1.807) is 0 Å². The molecule has 0 rings (SSSR count). The highest BCUT2D eigenvalue weighted by molar-refractivity contribution is 5.10. The Labute approximate surface area is 126 Å². The Morgan fingerprint density at radius 2 is 1.00 bits per heavy atom. The molecule has 0 heteroatoms. The van der Waals surface area contributed by atoms with Crippen molar-refractivity contribution in [3.8, 4) is 0 Å². The maximum absolute atomic E-state index is 3.93. The number of rotatable bonds is 14. The highest BCUT2D eigenvalue weighted by Gasteiger charge is 1.91. The molecule has 0 aromatic rings. The van der Waals surface area contributed by atoms with Gasteiger partial charge in [-0.05, 0) is 51.4 Å². The van der Waals surface area contributed by atoms with Crippen molar-refractivity contribution in [2.24, 2.45) is 0 Å². The molecule has 0 aliphatic carbocycles. The predicted molar refractivity (Wildman–Crippen MR) is 94.0 cm³/mol. The van der Waals surface area contributed by atoms with Crippen molar-refractivity contribution >= 4 is 0 Å². The van der Waals surface area contributed by atoms with Crippen LogP contribution in [0.4, 0.5) is 0 Å². The first-order valence-corrected chi connectivity index (χ1v) is 7.96. The predicted octanol–water partition coefficient (Wildman–Crippen LogP) is 6.93. The van der Waals surface area contributed by atoms with Crippen LogP contribution < -0.4 is 0 Å². The van der Waals surface area contributed by atoms with Gasteiger partial charge in [0.05, 0.1) is 0 Å². The lowest BCUT2D eigenvalue weighted by molar-refractivity contribution is 0.679. The van der Waals surface area contributed by atoms with Crippen LogP contribution in [-0.2, 0) is 0 Å². The average molecular weight is 272 g/mol. The molecule has 0 unspecified atom stereocenters. The van der Waals surface area contributed by atoms with Crippen LogP contribution in [0.1, 0.15) is 64.2 Å². The quantitative estimate of drug-likeness (QED) is 0.183. The molecule has 0 nitrogen and oxygen atoms in total. The molecule has 0 saturated carbocycles. The Bertz CT molecular complexity index is 285. The average Bonchev–Trinajstić information content (AvgIpc) is 2.47. The third-order valence-corrected chi connectivity index (χ3v) is 3.48. The summed E-state index contributed by atoms with van der Waals surface area (Å²) in [4.78, 5) is 0. The van der Waals surface area contributed by atoms with Crippen molar-refractivity contribution in [2.45, 2.75) is 64.2 Å². The van der Waals surface area contributed by atoms with Crippen LogP contribution >= 0.6 is 0 Å². The fourth-order valence-electron chi connectivity index (χ4n) is 2.02. The Morgan fingerprint density at radius 3 is 1.35 bits per heavy atom. The van der Waals surface area contributed by atoms with Crippen molar-refractivity contribution in [2.75, 3.05) is 0 Å². The van der Waals surface area contributed by atoms with Crippen LogP contribution in [0.3, 0.4) is 0 Å². The zero-order chi connectivity index (χ0) is 15.1. The molecule has 0 N–H and O–H groups in total. The van der Waals surface area contributed by atoms with Gasteiger partial charge in [-0.15, -0.1) is 0 Å². The summed E-state index contributed by atoms with van der Waals surface area (Å²) < 4.78 is 0. The van der Waals surface area contributed by atoms with Crippen molar-refractivity contribution in [1.29, 1.82) is 0 Å². The third-order valence-electron chi connectivity index (χ3n) is 3.48. The van der Waals surface area contributed by atoms with Gasteiger partial charge in [0.1, 0.15) is 0 Å². The molecule has 0 aliphatic rings. The topological polar surface area (TPSA) is 0 Å². The molecule has 112 valence electrons. The second-order valence-electron chi connectivity index (χ2n) is 5.39. The molecule has 0 atom stereocenters. The number of hydrogen-bond acceptors (Lipinski definition) is 0. The summed E-state index contributed by atoms with van der Waals surface area (Å²) >= 11 is 0. The zero-order valence-electron chi connectivity index (χ0n) is 13.2. The van der Waals surface area contributed by atoms with Gasteiger partial charge in [-0.1, -0.05) is 74.6 Å². The van der Waals surface area contributed by atoms with Crippen LogP contribution in [0.15, 0.2) is 61.8 Å². The maximum Gasteiger partial charge on any atom is -0.0285 e. The molecule has 0 saturated heterocycles. The van der Waals surface area contributed by atoms with Crippen LogP contribution in [0.2, 0.25) is 0 Å². The standard InChI is InChI=1S/C20H32/c1-5-19(3)17-15-13-11-9-7-8-10-12-14-16-18-20(4)6-2/h5-8H,1-4,9-18H2. The summed E-state index contributed by atoms with van der Waals surface area (Å²) in [6.07, 6.45) is 20.7. The fraction of sp³-hybridized carbons (Fsp3) is 0.500. The smallest absolute Gasteiger partial charge is 0.0285 e. The van der Waals surface area contributed by atoms with E-state index in [1.807, 2.05) is 12.2 Å². The highest BCUT2D eigenvalue weighted by Crippen LogP contribution is 2.11. The number of hydrogen-bond donors (Lipinski definition) is 0. The minimum atomic E-state index is 1.10. The molecule has 0 aromatic carbocycles. The summed E-state index contributed by atoms with van der Waals surface area (Å²) in [6, 6.07) is 0. The summed E-state index contributed by atoms with van der Waals surface area (Å²) in [5, 5.41) is 0. The molecular weight excluding hydrogens is 240 g/mol. The summed E-state index contributed by atoms with van der Waals surface area (Å²) in [5.41, 5.74) is 2.33. The van der Waals surface area contributed by atoms with E-state index in [2.05, 4.69) is 38.5 Å². The Balaban J connectivity index is 3.24. The van der Waals surface area contributed by atoms with Crippen LogP contribution in [-0.4, -0.2) is 0 Å². The van der Waals surface area contributed by atoms with E-state index < -0.39 is 0 Å². The van der Waals surface area contributed by atoms with Gasteiger partial charge in [0.15, 0.2) is 0 Å². The van der Waals surface area contributed by atoms with Gasteiger partial charge in [-0.25, -0.2) is 0 Å². The minimum absolute atomic E-state index is 1.10. The Kier molecular flexibility index (Phi) is 13.2. The summed E-state index contributed by atoms with van der Waals surface area (Å²) in [6.45, 7) is 15.3. The van der Waals surface area contributed by atoms with Crippen LogP contribution in [0.5, 0.6) is 0 Å². The van der Waals surface area contributed by atoms with Gasteiger partial charge < -0.3 is 0 Å². The van der Waals surface area contributed by atoms with E-state index in [0.29, 0.717) is 0 Å². The molecule has 0 aromatic heterocycles. The van der Waals surface area contributed by atoms with Gasteiger partial charge in [-0.2, -0.15) is 0 Å². The van der Waals surface area contributed by atoms with Gasteiger partial charge in [0.25, 0.3) is 0 Å². The van der Waals surface area contributed by atoms with Crippen molar-refractivity contribution in [3.63, 3.8) is 0 Å². The number of allylic oxidation sites excluding steroid dienone is 6. The van der Waals surface area contributed by atoms with Gasteiger partial charge in [-0.3, -0.25) is 0 Å². The summed E-state index contributed by atoms with van der Waals surface area (Å²) in [7, 11) is 0. The number of unbranched alkanes of at least 4 members (excludes halogenated alkanes) is 6. The molecule has 0 bridgehead atoms. The Morgan fingerprint density at radius 1 is 0.600 bits per heavy atom. The first-order valence-electron chi connectivity index (χ1n) is 7.96. The molecule has 0 fully saturated rings. The SMILES string of the molecule is C=CC(=C)CCCCCC=CCCCCCC(=C)C=C. The van der Waals surface area contributed by atoms with Crippen molar-refractivity contribution in [3.05, 3.63) is 61.8 Å². The molecule has 0 amide bonds. The lowest BCUT2D eigenvalue weighted by Crippen LogP contribution is -1.80. The second-order valence-corrected chi connectivity index (χ2v) is 5.39. The lowest BCUT2D eigenvalue weighted by Gasteiger charge is -2.00. The molecule has 0 heterocycles. The first-order chi connectivity index (χ1) is 9.70. The van der Waals surface area contributed by atoms with Crippen LogP contribution in [0.25, 0.3) is 0 Å². The van der Waals surface area contributed by atoms with Gasteiger partial charge in [0, 0.05) is 0 Å². The largest absolute Gasteiger partial charge is 0.0988 e. The Hall–Kier alpha value is -1.30. The maximum atomic E-state index is 3.93. The molecule has 20 heavy (non-hydrogen) atoms. The van der Waals surface area contributed by atoms with Gasteiger partial charge in [0.2, 0.25) is 0 Å². The fourth-order valence-corrected chi connectivity index (χ4v) is 2.02. The molecule has 0 spiro atoms. The molecule has 0 radical (unpaired) electrons. The van der Waals surface area contributed by atoms with E-state index in [0.717, 1.165) is 12.8 Å². The molecular formula is C20H32. The second kappa shape index (κ2) is 14.1. The van der Waals surface area contributed by atoms with E-state index in [4.69, 9.17) is 0 Å². The van der Waals surface area contributed by atoms with E-state index in [9.17, 15) is 0 Å². The first kappa shape index (κ1) is 18.7.